The molecule has 0 saturated heterocycles. The lowest BCUT2D eigenvalue weighted by Crippen LogP contribution is -2.45. The Labute approximate surface area is 152 Å². The highest BCUT2D eigenvalue weighted by atomic mass is 32.2. The number of sulfonamides is 1. The van der Waals surface area contributed by atoms with E-state index in [-0.39, 0.29) is 18.5 Å². The number of benzene rings is 1. The number of fused-ring (bicyclic) bond motifs is 1. The monoisotopic (exact) mass is 378 g/mol. The molecule has 5 nitrogen and oxygen atoms in total. The molecule has 0 N–H and O–H groups in total. The average molecular weight is 379 g/mol. The Morgan fingerprint density at radius 3 is 2.72 bits per heavy atom. The summed E-state index contributed by atoms with van der Waals surface area (Å²) in [5, 5.41) is 2.05. The van der Waals surface area contributed by atoms with E-state index in [4.69, 9.17) is 0 Å². The number of carbonyl (C=O) groups is 1. The molecule has 0 fully saturated rings. The third kappa shape index (κ3) is 3.57. The minimum atomic E-state index is -3.55. The molecule has 0 saturated carbocycles. The summed E-state index contributed by atoms with van der Waals surface area (Å²) in [6.45, 7) is 4.30. The van der Waals surface area contributed by atoms with Gasteiger partial charge in [-0.1, -0.05) is 18.2 Å². The first kappa shape index (κ1) is 17.9. The molecule has 1 amide bonds. The van der Waals surface area contributed by atoms with E-state index in [1.165, 1.54) is 14.7 Å². The van der Waals surface area contributed by atoms with Gasteiger partial charge in [0.2, 0.25) is 15.9 Å². The highest BCUT2D eigenvalue weighted by Gasteiger charge is 2.31. The molecule has 1 aliphatic heterocycles. The molecule has 0 bridgehead atoms. The fourth-order valence-corrected chi connectivity index (χ4v) is 5.16. The number of aryl methyl sites for hydroxylation is 1. The van der Waals surface area contributed by atoms with Crippen LogP contribution in [0.5, 0.6) is 0 Å². The number of hydrogen-bond donors (Lipinski definition) is 0. The van der Waals surface area contributed by atoms with E-state index < -0.39 is 10.0 Å². The van der Waals surface area contributed by atoms with Crippen molar-refractivity contribution in [3.63, 3.8) is 0 Å². The van der Waals surface area contributed by atoms with E-state index in [0.29, 0.717) is 12.2 Å². The quantitative estimate of drug-likeness (QED) is 0.822. The van der Waals surface area contributed by atoms with Gasteiger partial charge in [0.25, 0.3) is 0 Å². The fourth-order valence-electron chi connectivity index (χ4n) is 3.29. The summed E-state index contributed by atoms with van der Waals surface area (Å²) in [5.41, 5.74) is 2.55. The third-order valence-corrected chi connectivity index (χ3v) is 6.78. The van der Waals surface area contributed by atoms with Crippen LogP contribution in [0.15, 0.2) is 35.7 Å². The SMILES string of the molecule is Cc1ccccc1N(CC(=O)N1CCc2sccc2[C@@H]1C)S(C)(=O)=O. The smallest absolute Gasteiger partial charge is 0.243 e. The Hall–Kier alpha value is -1.86. The summed E-state index contributed by atoms with van der Waals surface area (Å²) in [6, 6.07) is 9.25. The van der Waals surface area contributed by atoms with Crippen LogP contribution in [-0.2, 0) is 21.2 Å². The predicted molar refractivity (Wildman–Crippen MR) is 102 cm³/mol. The van der Waals surface area contributed by atoms with Gasteiger partial charge in [0, 0.05) is 11.4 Å². The standard InChI is InChI=1S/C18H22N2O3S2/c1-13-6-4-5-7-16(13)20(25(3,22)23)12-18(21)19-10-8-17-15(14(19)2)9-11-24-17/h4-7,9,11,14H,8,10,12H2,1-3H3/t14-/m0/s1. The molecule has 134 valence electrons. The second-order valence-electron chi connectivity index (χ2n) is 6.37. The number of hydrogen-bond acceptors (Lipinski definition) is 4. The molecule has 2 aromatic rings. The molecule has 1 atom stereocenters. The zero-order valence-corrected chi connectivity index (χ0v) is 16.2. The lowest BCUT2D eigenvalue weighted by Gasteiger charge is -2.35. The van der Waals surface area contributed by atoms with Crippen molar-refractivity contribution in [1.29, 1.82) is 0 Å². The number of carbonyl (C=O) groups excluding carboxylic acids is 1. The number of para-hydroxylation sites is 1. The van der Waals surface area contributed by atoms with Crippen LogP contribution in [-0.4, -0.2) is 38.6 Å². The van der Waals surface area contributed by atoms with Crippen molar-refractivity contribution < 1.29 is 13.2 Å². The lowest BCUT2D eigenvalue weighted by atomic mass is 10.0. The first-order valence-corrected chi connectivity index (χ1v) is 10.9. The van der Waals surface area contributed by atoms with Crippen molar-refractivity contribution in [1.82, 2.24) is 4.90 Å². The van der Waals surface area contributed by atoms with Crippen LogP contribution in [0.2, 0.25) is 0 Å². The maximum atomic E-state index is 12.9. The number of rotatable bonds is 4. The van der Waals surface area contributed by atoms with Crippen LogP contribution in [0.1, 0.15) is 29.0 Å². The van der Waals surface area contributed by atoms with Gasteiger partial charge in [-0.05, 0) is 48.9 Å². The van der Waals surface area contributed by atoms with Crippen molar-refractivity contribution >= 4 is 33.0 Å². The van der Waals surface area contributed by atoms with E-state index in [1.807, 2.05) is 31.4 Å². The van der Waals surface area contributed by atoms with Crippen LogP contribution >= 0.6 is 11.3 Å². The number of anilines is 1. The van der Waals surface area contributed by atoms with E-state index >= 15 is 0 Å². The summed E-state index contributed by atoms with van der Waals surface area (Å²) in [7, 11) is -3.55. The topological polar surface area (TPSA) is 57.7 Å². The molecular weight excluding hydrogens is 356 g/mol. The van der Waals surface area contributed by atoms with Crippen molar-refractivity contribution in [2.75, 3.05) is 23.7 Å². The highest BCUT2D eigenvalue weighted by molar-refractivity contribution is 7.92. The zero-order chi connectivity index (χ0) is 18.2. The fraction of sp³-hybridized carbons (Fsp3) is 0.389. The Bertz CT molecular complexity index is 889. The van der Waals surface area contributed by atoms with Crippen molar-refractivity contribution in [3.8, 4) is 0 Å². The van der Waals surface area contributed by atoms with Crippen LogP contribution in [0.3, 0.4) is 0 Å². The molecule has 25 heavy (non-hydrogen) atoms. The van der Waals surface area contributed by atoms with Crippen molar-refractivity contribution in [3.05, 3.63) is 51.7 Å². The number of thiophene rings is 1. The Morgan fingerprint density at radius 1 is 1.32 bits per heavy atom. The van der Waals surface area contributed by atoms with Crippen LogP contribution in [0.25, 0.3) is 0 Å². The van der Waals surface area contributed by atoms with Crippen molar-refractivity contribution in [2.45, 2.75) is 26.3 Å². The van der Waals surface area contributed by atoms with Gasteiger partial charge in [-0.25, -0.2) is 8.42 Å². The molecule has 0 aliphatic carbocycles. The van der Waals surface area contributed by atoms with E-state index in [2.05, 4.69) is 6.07 Å². The summed E-state index contributed by atoms with van der Waals surface area (Å²) < 4.78 is 25.8. The minimum absolute atomic E-state index is 0.0271. The molecule has 2 heterocycles. The molecule has 0 unspecified atom stereocenters. The molecule has 1 aliphatic rings. The predicted octanol–water partition coefficient (Wildman–Crippen LogP) is 2.97. The summed E-state index contributed by atoms with van der Waals surface area (Å²) >= 11 is 1.72. The normalized spacial score (nSPS) is 17.2. The van der Waals surface area contributed by atoms with Gasteiger partial charge in [0.15, 0.2) is 0 Å². The van der Waals surface area contributed by atoms with Gasteiger partial charge in [-0.3, -0.25) is 9.10 Å². The van der Waals surface area contributed by atoms with E-state index in [0.717, 1.165) is 18.2 Å². The Balaban J connectivity index is 1.86. The van der Waals surface area contributed by atoms with E-state index in [9.17, 15) is 13.2 Å². The van der Waals surface area contributed by atoms with Gasteiger partial charge >= 0.3 is 0 Å². The van der Waals surface area contributed by atoms with E-state index in [1.54, 1.807) is 28.4 Å². The molecule has 0 radical (unpaired) electrons. The summed E-state index contributed by atoms with van der Waals surface area (Å²) in [6.07, 6.45) is 1.97. The van der Waals surface area contributed by atoms with Gasteiger partial charge in [0.1, 0.15) is 6.54 Å². The van der Waals surface area contributed by atoms with Crippen LogP contribution in [0, 0.1) is 6.92 Å². The first-order chi connectivity index (χ1) is 11.8. The molecule has 3 rings (SSSR count). The van der Waals surface area contributed by atoms with Gasteiger partial charge < -0.3 is 4.90 Å². The summed E-state index contributed by atoms with van der Waals surface area (Å²) in [5.74, 6) is -0.168. The molecule has 0 spiro atoms. The van der Waals surface area contributed by atoms with Crippen LogP contribution in [0.4, 0.5) is 5.69 Å². The summed E-state index contributed by atoms with van der Waals surface area (Å²) in [4.78, 5) is 16.0. The number of nitrogens with zero attached hydrogens (tertiary/aromatic N) is 2. The minimum Gasteiger partial charge on any atom is -0.334 e. The average Bonchev–Trinajstić information content (AvgIpc) is 3.02. The molecule has 7 heteroatoms. The highest BCUT2D eigenvalue weighted by Crippen LogP contribution is 2.33. The van der Waals surface area contributed by atoms with Crippen LogP contribution < -0.4 is 4.31 Å². The molecule has 1 aromatic carbocycles. The second kappa shape index (κ2) is 6.80. The molecular formula is C18H22N2O3S2. The Kier molecular flexibility index (Phi) is 4.88. The van der Waals surface area contributed by atoms with Gasteiger partial charge in [0.05, 0.1) is 18.0 Å². The van der Waals surface area contributed by atoms with Crippen molar-refractivity contribution in [2.24, 2.45) is 0 Å². The molecule has 1 aromatic heterocycles. The second-order valence-corrected chi connectivity index (χ2v) is 9.28. The Morgan fingerprint density at radius 2 is 2.04 bits per heavy atom. The maximum absolute atomic E-state index is 12.9. The third-order valence-electron chi connectivity index (χ3n) is 4.66. The van der Waals surface area contributed by atoms with Gasteiger partial charge in [-0.2, -0.15) is 0 Å². The largest absolute Gasteiger partial charge is 0.334 e. The lowest BCUT2D eigenvalue weighted by molar-refractivity contribution is -0.132. The zero-order valence-electron chi connectivity index (χ0n) is 14.6. The van der Waals surface area contributed by atoms with Gasteiger partial charge in [-0.15, -0.1) is 11.3 Å². The maximum Gasteiger partial charge on any atom is 0.243 e. The number of amides is 1. The first-order valence-electron chi connectivity index (χ1n) is 8.18.